The third-order valence-corrected chi connectivity index (χ3v) is 2.44. The lowest BCUT2D eigenvalue weighted by molar-refractivity contribution is -0.124. The van der Waals surface area contributed by atoms with Crippen molar-refractivity contribution in [2.24, 2.45) is 0 Å². The van der Waals surface area contributed by atoms with Crippen molar-refractivity contribution in [3.63, 3.8) is 0 Å². The van der Waals surface area contributed by atoms with Crippen molar-refractivity contribution in [2.75, 3.05) is 33.0 Å². The minimum atomic E-state index is -0.637. The number of carbonyl (C=O) groups is 1. The number of amides is 1. The van der Waals surface area contributed by atoms with Gasteiger partial charge in [0, 0.05) is 18.7 Å². The van der Waals surface area contributed by atoms with E-state index in [1.54, 1.807) is 6.92 Å². The molecule has 0 rings (SSSR count). The number of hydrogen-bond donors (Lipinski definition) is 3. The van der Waals surface area contributed by atoms with Crippen LogP contribution in [0.5, 0.6) is 0 Å². The molecule has 0 aliphatic rings. The van der Waals surface area contributed by atoms with Gasteiger partial charge < -0.3 is 25.2 Å². The van der Waals surface area contributed by atoms with Crippen molar-refractivity contribution in [2.45, 2.75) is 52.3 Å². The number of aliphatic hydroxyl groups is 1. The summed E-state index contributed by atoms with van der Waals surface area (Å²) >= 11 is 0. The average molecular weight is 290 g/mol. The maximum absolute atomic E-state index is 11.8. The van der Waals surface area contributed by atoms with Crippen LogP contribution >= 0.6 is 0 Å². The van der Waals surface area contributed by atoms with Crippen molar-refractivity contribution in [1.82, 2.24) is 10.6 Å². The van der Waals surface area contributed by atoms with Gasteiger partial charge in [-0.15, -0.1) is 0 Å². The number of carbonyl (C=O) groups excluding carboxylic acids is 1. The molecule has 0 aromatic rings. The molecule has 120 valence electrons. The van der Waals surface area contributed by atoms with Gasteiger partial charge in [-0.2, -0.15) is 0 Å². The van der Waals surface area contributed by atoms with Crippen LogP contribution in [0.2, 0.25) is 0 Å². The number of nitrogens with one attached hydrogen (secondary N) is 2. The second kappa shape index (κ2) is 10.1. The predicted molar refractivity (Wildman–Crippen MR) is 78.7 cm³/mol. The second-order valence-corrected chi connectivity index (χ2v) is 5.79. The summed E-state index contributed by atoms with van der Waals surface area (Å²) in [5.74, 6) is -0.0815. The number of hydrogen-bond acceptors (Lipinski definition) is 5. The summed E-state index contributed by atoms with van der Waals surface area (Å²) in [7, 11) is 0. The van der Waals surface area contributed by atoms with E-state index in [4.69, 9.17) is 9.47 Å². The molecule has 0 aromatic carbocycles. The van der Waals surface area contributed by atoms with Crippen molar-refractivity contribution in [1.29, 1.82) is 0 Å². The molecule has 0 spiro atoms. The van der Waals surface area contributed by atoms with Gasteiger partial charge in [-0.05, 0) is 34.6 Å². The normalized spacial score (nSPS) is 14.9. The molecule has 0 saturated carbocycles. The highest BCUT2D eigenvalue weighted by molar-refractivity contribution is 5.81. The van der Waals surface area contributed by atoms with Gasteiger partial charge in [0.2, 0.25) is 5.91 Å². The first kappa shape index (κ1) is 19.3. The third kappa shape index (κ3) is 11.2. The van der Waals surface area contributed by atoms with E-state index in [0.29, 0.717) is 26.4 Å². The van der Waals surface area contributed by atoms with Crippen LogP contribution in [0, 0.1) is 0 Å². The molecule has 0 aliphatic heterocycles. The predicted octanol–water partition coefficient (Wildman–Crippen LogP) is 0.293. The zero-order valence-corrected chi connectivity index (χ0v) is 13.4. The topological polar surface area (TPSA) is 79.8 Å². The zero-order valence-electron chi connectivity index (χ0n) is 13.4. The Bertz CT molecular complexity index is 266. The van der Waals surface area contributed by atoms with Gasteiger partial charge in [-0.25, -0.2) is 0 Å². The van der Waals surface area contributed by atoms with E-state index in [1.807, 2.05) is 27.7 Å². The van der Waals surface area contributed by atoms with Crippen LogP contribution in [-0.2, 0) is 14.3 Å². The number of rotatable bonds is 10. The minimum absolute atomic E-state index is 0.0815. The molecule has 0 saturated heterocycles. The Labute approximate surface area is 122 Å². The van der Waals surface area contributed by atoms with Gasteiger partial charge in [-0.3, -0.25) is 4.79 Å². The molecule has 6 nitrogen and oxygen atoms in total. The van der Waals surface area contributed by atoms with Gasteiger partial charge in [0.05, 0.1) is 32.0 Å². The van der Waals surface area contributed by atoms with Crippen LogP contribution in [0.4, 0.5) is 0 Å². The Balaban J connectivity index is 3.72. The molecule has 3 N–H and O–H groups in total. The van der Waals surface area contributed by atoms with E-state index in [9.17, 15) is 9.90 Å². The van der Waals surface area contributed by atoms with Crippen LogP contribution in [0.25, 0.3) is 0 Å². The van der Waals surface area contributed by atoms with Crippen LogP contribution in [0.1, 0.15) is 34.6 Å². The van der Waals surface area contributed by atoms with E-state index >= 15 is 0 Å². The Morgan fingerprint density at radius 1 is 1.25 bits per heavy atom. The second-order valence-electron chi connectivity index (χ2n) is 5.79. The smallest absolute Gasteiger partial charge is 0.237 e. The highest BCUT2D eigenvalue weighted by Gasteiger charge is 2.19. The molecule has 0 aliphatic carbocycles. The molecule has 6 heteroatoms. The maximum atomic E-state index is 11.8. The first-order valence-corrected chi connectivity index (χ1v) is 7.15. The summed E-state index contributed by atoms with van der Waals surface area (Å²) in [4.78, 5) is 11.8. The lowest BCUT2D eigenvalue weighted by Crippen LogP contribution is -2.51. The van der Waals surface area contributed by atoms with Gasteiger partial charge in [0.25, 0.3) is 0 Å². The average Bonchev–Trinajstić information content (AvgIpc) is 2.33. The summed E-state index contributed by atoms with van der Waals surface area (Å²) in [6.45, 7) is 11.7. The quantitative estimate of drug-likeness (QED) is 0.504. The van der Waals surface area contributed by atoms with E-state index < -0.39 is 6.10 Å². The molecule has 0 radical (unpaired) electrons. The molecule has 0 fully saturated rings. The van der Waals surface area contributed by atoms with E-state index in [1.165, 1.54) is 0 Å². The van der Waals surface area contributed by atoms with Crippen LogP contribution < -0.4 is 10.6 Å². The minimum Gasteiger partial charge on any atom is -0.389 e. The van der Waals surface area contributed by atoms with Crippen molar-refractivity contribution < 1.29 is 19.4 Å². The summed E-state index contributed by atoms with van der Waals surface area (Å²) in [5, 5.41) is 15.6. The Morgan fingerprint density at radius 2 is 1.85 bits per heavy atom. The van der Waals surface area contributed by atoms with E-state index in [-0.39, 0.29) is 24.1 Å². The van der Waals surface area contributed by atoms with Crippen molar-refractivity contribution >= 4 is 5.91 Å². The summed E-state index contributed by atoms with van der Waals surface area (Å²) in [6.07, 6.45) is -0.637. The summed E-state index contributed by atoms with van der Waals surface area (Å²) in [5.41, 5.74) is -0.256. The van der Waals surface area contributed by atoms with Crippen LogP contribution in [-0.4, -0.2) is 61.7 Å². The standard InChI is InChI=1S/C14H30N2O4/c1-6-19-7-8-20-10-12(17)9-15-11(2)13(18)16-14(3,4)5/h11-12,15,17H,6-10H2,1-5H3,(H,16,18). The monoisotopic (exact) mass is 290 g/mol. The largest absolute Gasteiger partial charge is 0.389 e. The summed E-state index contributed by atoms with van der Waals surface area (Å²) < 4.78 is 10.4. The Kier molecular flexibility index (Phi) is 9.75. The number of aliphatic hydroxyl groups excluding tert-OH is 1. The lowest BCUT2D eigenvalue weighted by atomic mass is 10.1. The van der Waals surface area contributed by atoms with Gasteiger partial charge in [0.15, 0.2) is 0 Å². The fourth-order valence-electron chi connectivity index (χ4n) is 1.42. The molecule has 1 amide bonds. The summed E-state index contributed by atoms with van der Waals surface area (Å²) in [6, 6.07) is -0.354. The molecular weight excluding hydrogens is 260 g/mol. The highest BCUT2D eigenvalue weighted by Crippen LogP contribution is 1.99. The Morgan fingerprint density at radius 3 is 2.40 bits per heavy atom. The fraction of sp³-hybridized carbons (Fsp3) is 0.929. The highest BCUT2D eigenvalue weighted by atomic mass is 16.5. The fourth-order valence-corrected chi connectivity index (χ4v) is 1.42. The molecule has 0 bridgehead atoms. The Hall–Kier alpha value is -0.690. The molecule has 0 heterocycles. The third-order valence-electron chi connectivity index (χ3n) is 2.44. The van der Waals surface area contributed by atoms with Crippen molar-refractivity contribution in [3.05, 3.63) is 0 Å². The lowest BCUT2D eigenvalue weighted by Gasteiger charge is -2.24. The van der Waals surface area contributed by atoms with Gasteiger partial charge in [0.1, 0.15) is 0 Å². The molecular formula is C14H30N2O4. The van der Waals surface area contributed by atoms with E-state index in [0.717, 1.165) is 0 Å². The maximum Gasteiger partial charge on any atom is 0.237 e. The number of ether oxygens (including phenoxy) is 2. The SMILES string of the molecule is CCOCCOCC(O)CNC(C)C(=O)NC(C)(C)C. The van der Waals surface area contributed by atoms with Crippen molar-refractivity contribution in [3.8, 4) is 0 Å². The van der Waals surface area contributed by atoms with E-state index in [2.05, 4.69) is 10.6 Å². The molecule has 0 aromatic heterocycles. The molecule has 2 atom stereocenters. The molecule has 20 heavy (non-hydrogen) atoms. The van der Waals surface area contributed by atoms with Gasteiger partial charge >= 0.3 is 0 Å². The van der Waals surface area contributed by atoms with Crippen LogP contribution in [0.15, 0.2) is 0 Å². The van der Waals surface area contributed by atoms with Crippen LogP contribution in [0.3, 0.4) is 0 Å². The zero-order chi connectivity index (χ0) is 15.6. The first-order chi connectivity index (χ1) is 9.26. The molecule has 2 unspecified atom stereocenters. The first-order valence-electron chi connectivity index (χ1n) is 7.15. The van der Waals surface area contributed by atoms with Gasteiger partial charge in [-0.1, -0.05) is 0 Å².